The van der Waals surface area contributed by atoms with E-state index in [1.54, 1.807) is 16.7 Å². The molecule has 6 rings (SSSR count). The normalized spacial score (nSPS) is 11.5. The van der Waals surface area contributed by atoms with Gasteiger partial charge in [0.15, 0.2) is 0 Å². The van der Waals surface area contributed by atoms with Crippen molar-refractivity contribution in [3.05, 3.63) is 143 Å². The number of nitrogens with zero attached hydrogens (tertiary/aromatic N) is 1. The van der Waals surface area contributed by atoms with E-state index in [9.17, 15) is 27.9 Å². The number of carbonyl (C=O) groups is 2. The molecule has 9 heteroatoms. The lowest BCUT2D eigenvalue weighted by Crippen LogP contribution is -2.24. The number of alkyl halides is 3. The maximum absolute atomic E-state index is 14.1. The lowest BCUT2D eigenvalue weighted by Gasteiger charge is -2.15. The topological polar surface area (TPSA) is 77.8 Å². The van der Waals surface area contributed by atoms with Gasteiger partial charge in [-0.3, -0.25) is 4.79 Å². The van der Waals surface area contributed by atoms with Gasteiger partial charge < -0.3 is 19.1 Å². The number of ether oxygens (including phenoxy) is 2. The maximum Gasteiger partial charge on any atom is 0.454 e. The molecule has 1 heterocycles. The van der Waals surface area contributed by atoms with Gasteiger partial charge in [0.25, 0.3) is 5.78 Å². The Morgan fingerprint density at radius 2 is 1.36 bits per heavy atom. The summed E-state index contributed by atoms with van der Waals surface area (Å²) < 4.78 is 55.8. The molecular formula is C36H26F3NO5. The summed E-state index contributed by atoms with van der Waals surface area (Å²) in [6.07, 6.45) is -5.15. The number of Topliss-reactive ketones (excluding diaryl/α,β-unsaturated/α-hetero) is 1. The van der Waals surface area contributed by atoms with Crippen LogP contribution in [0.15, 0.2) is 115 Å². The van der Waals surface area contributed by atoms with Crippen LogP contribution in [-0.4, -0.2) is 27.6 Å². The molecule has 226 valence electrons. The molecule has 0 fully saturated rings. The average Bonchev–Trinajstić information content (AvgIpc) is 3.34. The number of fused-ring (bicyclic) bond motifs is 2. The molecule has 0 saturated carbocycles. The van der Waals surface area contributed by atoms with E-state index in [0.29, 0.717) is 11.3 Å². The zero-order chi connectivity index (χ0) is 31.6. The number of hydrogen-bond donors (Lipinski definition) is 1. The second-order valence-electron chi connectivity index (χ2n) is 10.5. The number of hydrogen-bond acceptors (Lipinski definition) is 4. The van der Waals surface area contributed by atoms with E-state index in [0.717, 1.165) is 21.9 Å². The van der Waals surface area contributed by atoms with E-state index < -0.39 is 23.5 Å². The lowest BCUT2D eigenvalue weighted by atomic mass is 10.1. The summed E-state index contributed by atoms with van der Waals surface area (Å²) in [5.41, 5.74) is 1.63. The van der Waals surface area contributed by atoms with Crippen LogP contribution in [0.2, 0.25) is 0 Å². The van der Waals surface area contributed by atoms with E-state index in [1.807, 2.05) is 72.8 Å². The quantitative estimate of drug-likeness (QED) is 0.158. The summed E-state index contributed by atoms with van der Waals surface area (Å²) in [6, 6.07) is 33.1. The van der Waals surface area contributed by atoms with Crippen LogP contribution in [0.25, 0.3) is 21.7 Å². The van der Waals surface area contributed by atoms with Gasteiger partial charge in [0.2, 0.25) is 0 Å². The van der Waals surface area contributed by atoms with Crippen LogP contribution in [0.5, 0.6) is 11.5 Å². The highest BCUT2D eigenvalue weighted by molar-refractivity contribution is 6.12. The predicted octanol–water partition coefficient (Wildman–Crippen LogP) is 8.44. The van der Waals surface area contributed by atoms with Gasteiger partial charge in [0.1, 0.15) is 24.7 Å². The van der Waals surface area contributed by atoms with Crippen molar-refractivity contribution in [2.45, 2.75) is 25.9 Å². The fourth-order valence-electron chi connectivity index (χ4n) is 5.31. The highest BCUT2D eigenvalue weighted by Crippen LogP contribution is 2.36. The smallest absolute Gasteiger partial charge is 0.454 e. The Morgan fingerprint density at radius 3 is 2.07 bits per heavy atom. The monoisotopic (exact) mass is 609 g/mol. The SMILES string of the molecule is O=C(O)c1ccc(OCc2c(C(=O)C(F)(F)F)c3cc(OCc4ccccc4)ccc3n2Cc2ccc3ccccc3c2)cc1. The van der Waals surface area contributed by atoms with Crippen LogP contribution in [0.1, 0.15) is 37.5 Å². The first-order chi connectivity index (χ1) is 21.7. The Hall–Kier alpha value is -5.57. The maximum atomic E-state index is 14.1. The second-order valence-corrected chi connectivity index (χ2v) is 10.5. The molecule has 1 N–H and O–H groups in total. The first-order valence-electron chi connectivity index (χ1n) is 14.0. The molecule has 6 nitrogen and oxygen atoms in total. The van der Waals surface area contributed by atoms with Crippen LogP contribution < -0.4 is 9.47 Å². The van der Waals surface area contributed by atoms with Gasteiger partial charge in [-0.1, -0.05) is 66.7 Å². The fourth-order valence-corrected chi connectivity index (χ4v) is 5.31. The molecule has 5 aromatic carbocycles. The van der Waals surface area contributed by atoms with Crippen LogP contribution in [0, 0.1) is 0 Å². The first kappa shape index (κ1) is 29.5. The zero-order valence-corrected chi connectivity index (χ0v) is 23.8. The number of aromatic nitrogens is 1. The van der Waals surface area contributed by atoms with Crippen molar-refractivity contribution in [3.8, 4) is 11.5 Å². The molecule has 0 aliphatic heterocycles. The van der Waals surface area contributed by atoms with Crippen molar-refractivity contribution >= 4 is 33.4 Å². The Kier molecular flexibility index (Phi) is 8.00. The summed E-state index contributed by atoms with van der Waals surface area (Å²) >= 11 is 0. The van der Waals surface area contributed by atoms with Crippen molar-refractivity contribution in [1.82, 2.24) is 4.57 Å². The van der Waals surface area contributed by atoms with E-state index in [-0.39, 0.29) is 42.2 Å². The minimum absolute atomic E-state index is 0.0306. The van der Waals surface area contributed by atoms with E-state index in [4.69, 9.17) is 9.47 Å². The summed E-state index contributed by atoms with van der Waals surface area (Å²) in [5.74, 6) is -2.58. The molecule has 0 aliphatic carbocycles. The molecule has 0 bridgehead atoms. The van der Waals surface area contributed by atoms with Gasteiger partial charge in [-0.2, -0.15) is 13.2 Å². The van der Waals surface area contributed by atoms with Crippen LogP contribution >= 0.6 is 0 Å². The van der Waals surface area contributed by atoms with Crippen molar-refractivity contribution in [2.75, 3.05) is 0 Å². The van der Waals surface area contributed by atoms with E-state index in [1.165, 1.54) is 30.3 Å². The Morgan fingerprint density at radius 1 is 0.689 bits per heavy atom. The van der Waals surface area contributed by atoms with Gasteiger partial charge >= 0.3 is 12.1 Å². The third-order valence-electron chi connectivity index (χ3n) is 7.51. The van der Waals surface area contributed by atoms with Crippen molar-refractivity contribution in [3.63, 3.8) is 0 Å². The third-order valence-corrected chi connectivity index (χ3v) is 7.51. The van der Waals surface area contributed by atoms with Gasteiger partial charge in [0, 0.05) is 17.4 Å². The number of benzene rings is 5. The number of rotatable bonds is 10. The molecule has 0 spiro atoms. The number of ketones is 1. The lowest BCUT2D eigenvalue weighted by molar-refractivity contribution is -0.0885. The summed E-state index contributed by atoms with van der Waals surface area (Å²) in [6.45, 7) is -0.0334. The molecule has 0 aliphatic rings. The van der Waals surface area contributed by atoms with Crippen molar-refractivity contribution in [2.24, 2.45) is 0 Å². The minimum atomic E-state index is -5.15. The van der Waals surface area contributed by atoms with Crippen molar-refractivity contribution < 1.29 is 37.3 Å². The summed E-state index contributed by atoms with van der Waals surface area (Å²) in [7, 11) is 0. The van der Waals surface area contributed by atoms with Crippen LogP contribution in [-0.2, 0) is 19.8 Å². The largest absolute Gasteiger partial charge is 0.489 e. The molecule has 0 unspecified atom stereocenters. The average molecular weight is 610 g/mol. The highest BCUT2D eigenvalue weighted by atomic mass is 19.4. The van der Waals surface area contributed by atoms with Crippen molar-refractivity contribution in [1.29, 1.82) is 0 Å². The molecule has 0 saturated heterocycles. The molecule has 6 aromatic rings. The molecule has 0 atom stereocenters. The highest BCUT2D eigenvalue weighted by Gasteiger charge is 2.43. The number of carbonyl (C=O) groups excluding carboxylic acids is 1. The van der Waals surface area contributed by atoms with Crippen LogP contribution in [0.3, 0.4) is 0 Å². The standard InChI is InChI=1S/C36H26F3NO5/c37-36(38,39)34(41)33-30-19-29(44-21-23-6-2-1-3-7-23)16-17-31(30)40(20-24-10-11-25-8-4-5-9-27(25)18-24)32(33)22-45-28-14-12-26(13-15-28)35(42)43/h1-19H,20-22H2,(H,42,43). The second kappa shape index (κ2) is 12.2. The summed E-state index contributed by atoms with van der Waals surface area (Å²) in [5, 5.41) is 11.3. The number of halogens is 3. The van der Waals surface area contributed by atoms with E-state index >= 15 is 0 Å². The zero-order valence-electron chi connectivity index (χ0n) is 23.8. The molecule has 1 aromatic heterocycles. The van der Waals surface area contributed by atoms with Gasteiger partial charge in [-0.05, 0) is 70.4 Å². The first-order valence-corrected chi connectivity index (χ1v) is 14.0. The molecular weight excluding hydrogens is 583 g/mol. The predicted molar refractivity (Wildman–Crippen MR) is 164 cm³/mol. The Labute approximate surface area is 255 Å². The van der Waals surface area contributed by atoms with E-state index in [2.05, 4.69) is 0 Å². The number of carboxylic acid groups (broad SMARTS) is 1. The number of aromatic carboxylic acids is 1. The third kappa shape index (κ3) is 6.38. The molecule has 0 amide bonds. The number of carboxylic acids is 1. The van der Waals surface area contributed by atoms with Gasteiger partial charge in [-0.25, -0.2) is 4.79 Å². The van der Waals surface area contributed by atoms with Gasteiger partial charge in [-0.15, -0.1) is 0 Å². The Bertz CT molecular complexity index is 2020. The van der Waals surface area contributed by atoms with Gasteiger partial charge in [0.05, 0.1) is 16.8 Å². The summed E-state index contributed by atoms with van der Waals surface area (Å²) in [4.78, 5) is 24.3. The minimum Gasteiger partial charge on any atom is -0.489 e. The Balaban J connectivity index is 1.46. The van der Waals surface area contributed by atoms with Crippen LogP contribution in [0.4, 0.5) is 13.2 Å². The molecule has 45 heavy (non-hydrogen) atoms. The fraction of sp³-hybridized carbons (Fsp3) is 0.111. The molecule has 0 radical (unpaired) electrons.